The molecule has 23 heavy (non-hydrogen) atoms. The molecule has 1 aromatic heterocycles. The molecule has 0 atom stereocenters. The van der Waals surface area contributed by atoms with E-state index in [0.717, 1.165) is 35.1 Å². The number of aryl methyl sites for hydroxylation is 1. The fourth-order valence-electron chi connectivity index (χ4n) is 2.28. The molecule has 0 spiro atoms. The number of nitrogens with one attached hydrogen (secondary N) is 2. The Morgan fingerprint density at radius 2 is 1.91 bits per heavy atom. The Morgan fingerprint density at radius 3 is 2.74 bits per heavy atom. The fourth-order valence-corrected chi connectivity index (χ4v) is 2.28. The van der Waals surface area contributed by atoms with Gasteiger partial charge in [0.05, 0.1) is 0 Å². The second-order valence-electron chi connectivity index (χ2n) is 6.03. The van der Waals surface area contributed by atoms with Crippen LogP contribution < -0.4 is 20.1 Å². The lowest BCUT2D eigenvalue weighted by Gasteiger charge is -2.11. The minimum atomic E-state index is 0.290. The third kappa shape index (κ3) is 4.03. The average Bonchev–Trinajstić information content (AvgIpc) is 2.98. The number of anilines is 2. The monoisotopic (exact) mass is 314 g/mol. The van der Waals surface area contributed by atoms with Gasteiger partial charge in [0.1, 0.15) is 5.82 Å². The quantitative estimate of drug-likeness (QED) is 0.853. The molecule has 1 aliphatic heterocycles. The van der Waals surface area contributed by atoms with Crippen molar-refractivity contribution in [3.05, 3.63) is 35.5 Å². The summed E-state index contributed by atoms with van der Waals surface area (Å²) in [5.74, 6) is 3.61. The molecule has 2 N–H and O–H groups in total. The highest BCUT2D eigenvalue weighted by molar-refractivity contribution is 5.46. The van der Waals surface area contributed by atoms with Crippen LogP contribution in [0, 0.1) is 12.8 Å². The minimum Gasteiger partial charge on any atom is -0.454 e. The first-order valence-electron chi connectivity index (χ1n) is 7.82. The Labute approximate surface area is 136 Å². The lowest BCUT2D eigenvalue weighted by molar-refractivity contribution is 0.174. The predicted molar refractivity (Wildman–Crippen MR) is 90.0 cm³/mol. The molecular weight excluding hydrogens is 292 g/mol. The van der Waals surface area contributed by atoms with Crippen LogP contribution in [0.25, 0.3) is 0 Å². The largest absolute Gasteiger partial charge is 0.454 e. The lowest BCUT2D eigenvalue weighted by atomic mass is 10.2. The summed E-state index contributed by atoms with van der Waals surface area (Å²) in [5, 5.41) is 6.59. The number of hydrogen-bond donors (Lipinski definition) is 2. The standard InChI is InChI=1S/C17H22N4O2/c1-11(2)8-18-16-6-12(3)20-17(21-16)19-9-13-4-5-14-15(7-13)23-10-22-14/h4-7,11H,8-10H2,1-3H3,(H2,18,19,20,21). The number of aromatic nitrogens is 2. The van der Waals surface area contributed by atoms with Crippen molar-refractivity contribution in [3.63, 3.8) is 0 Å². The molecule has 0 bridgehead atoms. The number of ether oxygens (including phenoxy) is 2. The molecule has 0 amide bonds. The van der Waals surface area contributed by atoms with E-state index in [1.165, 1.54) is 0 Å². The first-order valence-corrected chi connectivity index (χ1v) is 7.82. The number of hydrogen-bond acceptors (Lipinski definition) is 6. The van der Waals surface area contributed by atoms with Crippen molar-refractivity contribution in [2.45, 2.75) is 27.3 Å². The van der Waals surface area contributed by atoms with Gasteiger partial charge in [-0.2, -0.15) is 4.98 Å². The minimum absolute atomic E-state index is 0.290. The third-order valence-electron chi connectivity index (χ3n) is 3.43. The van der Waals surface area contributed by atoms with Gasteiger partial charge < -0.3 is 20.1 Å². The van der Waals surface area contributed by atoms with E-state index in [4.69, 9.17) is 9.47 Å². The molecular formula is C17H22N4O2. The summed E-state index contributed by atoms with van der Waals surface area (Å²) in [5.41, 5.74) is 2.02. The molecule has 3 rings (SSSR count). The van der Waals surface area contributed by atoms with Crippen LogP contribution in [-0.4, -0.2) is 23.3 Å². The van der Waals surface area contributed by atoms with Gasteiger partial charge in [0.25, 0.3) is 0 Å². The van der Waals surface area contributed by atoms with Gasteiger partial charge in [-0.25, -0.2) is 4.98 Å². The predicted octanol–water partition coefficient (Wildman–Crippen LogP) is 3.19. The van der Waals surface area contributed by atoms with E-state index in [1.807, 2.05) is 31.2 Å². The molecule has 0 saturated carbocycles. The Kier molecular flexibility index (Phi) is 4.50. The fraction of sp³-hybridized carbons (Fsp3) is 0.412. The van der Waals surface area contributed by atoms with Gasteiger partial charge in [-0.05, 0) is 30.5 Å². The molecule has 0 saturated heterocycles. The van der Waals surface area contributed by atoms with E-state index >= 15 is 0 Å². The highest BCUT2D eigenvalue weighted by Gasteiger charge is 2.13. The van der Waals surface area contributed by atoms with Crippen LogP contribution in [-0.2, 0) is 6.54 Å². The van der Waals surface area contributed by atoms with Crippen LogP contribution in [0.15, 0.2) is 24.3 Å². The molecule has 1 aromatic carbocycles. The number of rotatable bonds is 6. The van der Waals surface area contributed by atoms with Crippen LogP contribution >= 0.6 is 0 Å². The second-order valence-corrected chi connectivity index (χ2v) is 6.03. The summed E-state index contributed by atoms with van der Waals surface area (Å²) in [6.45, 7) is 8.10. The SMILES string of the molecule is Cc1cc(NCC(C)C)nc(NCc2ccc3c(c2)OCO3)n1. The summed E-state index contributed by atoms with van der Waals surface area (Å²) in [6.07, 6.45) is 0. The van der Waals surface area contributed by atoms with Gasteiger partial charge in [0, 0.05) is 24.8 Å². The topological polar surface area (TPSA) is 68.3 Å². The zero-order valence-electron chi connectivity index (χ0n) is 13.7. The number of benzene rings is 1. The van der Waals surface area contributed by atoms with E-state index in [2.05, 4.69) is 34.4 Å². The second kappa shape index (κ2) is 6.73. The molecule has 1 aliphatic rings. The summed E-state index contributed by atoms with van der Waals surface area (Å²) >= 11 is 0. The maximum Gasteiger partial charge on any atom is 0.231 e. The van der Waals surface area contributed by atoms with Gasteiger partial charge in [-0.3, -0.25) is 0 Å². The van der Waals surface area contributed by atoms with Gasteiger partial charge >= 0.3 is 0 Å². The molecule has 0 radical (unpaired) electrons. The van der Waals surface area contributed by atoms with Gasteiger partial charge in [0.2, 0.25) is 12.7 Å². The molecule has 0 fully saturated rings. The Hall–Kier alpha value is -2.50. The van der Waals surface area contributed by atoms with Crippen LogP contribution in [0.3, 0.4) is 0 Å². The van der Waals surface area contributed by atoms with E-state index < -0.39 is 0 Å². The van der Waals surface area contributed by atoms with Gasteiger partial charge in [-0.1, -0.05) is 19.9 Å². The zero-order valence-corrected chi connectivity index (χ0v) is 13.7. The zero-order chi connectivity index (χ0) is 16.2. The summed E-state index contributed by atoms with van der Waals surface area (Å²) in [6, 6.07) is 7.86. The molecule has 122 valence electrons. The van der Waals surface area contributed by atoms with Gasteiger partial charge in [0.15, 0.2) is 11.5 Å². The van der Waals surface area contributed by atoms with Crippen molar-refractivity contribution < 1.29 is 9.47 Å². The van der Waals surface area contributed by atoms with Crippen molar-refractivity contribution >= 4 is 11.8 Å². The van der Waals surface area contributed by atoms with E-state index in [1.54, 1.807) is 0 Å². The molecule has 0 unspecified atom stereocenters. The highest BCUT2D eigenvalue weighted by atomic mass is 16.7. The van der Waals surface area contributed by atoms with Gasteiger partial charge in [-0.15, -0.1) is 0 Å². The van der Waals surface area contributed by atoms with E-state index in [9.17, 15) is 0 Å². The number of nitrogens with zero attached hydrogens (tertiary/aromatic N) is 2. The molecule has 0 aliphatic carbocycles. The van der Waals surface area contributed by atoms with Crippen LogP contribution in [0.5, 0.6) is 11.5 Å². The molecule has 2 aromatic rings. The normalized spacial score (nSPS) is 12.5. The summed E-state index contributed by atoms with van der Waals surface area (Å²) in [7, 11) is 0. The first-order chi connectivity index (χ1) is 11.1. The van der Waals surface area contributed by atoms with E-state index in [0.29, 0.717) is 18.4 Å². The first kappa shape index (κ1) is 15.4. The maximum atomic E-state index is 5.39. The highest BCUT2D eigenvalue weighted by Crippen LogP contribution is 2.32. The van der Waals surface area contributed by atoms with Crippen molar-refractivity contribution in [2.75, 3.05) is 24.0 Å². The summed E-state index contributed by atoms with van der Waals surface area (Å²) in [4.78, 5) is 8.93. The molecule has 6 nitrogen and oxygen atoms in total. The van der Waals surface area contributed by atoms with Crippen molar-refractivity contribution in [1.29, 1.82) is 0 Å². The smallest absolute Gasteiger partial charge is 0.231 e. The van der Waals surface area contributed by atoms with Crippen LogP contribution in [0.1, 0.15) is 25.1 Å². The third-order valence-corrected chi connectivity index (χ3v) is 3.43. The van der Waals surface area contributed by atoms with Crippen LogP contribution in [0.2, 0.25) is 0 Å². The maximum absolute atomic E-state index is 5.39. The Morgan fingerprint density at radius 1 is 1.09 bits per heavy atom. The average molecular weight is 314 g/mol. The molecule has 2 heterocycles. The van der Waals surface area contributed by atoms with Crippen molar-refractivity contribution in [2.24, 2.45) is 5.92 Å². The Balaban J connectivity index is 1.65. The molecule has 6 heteroatoms. The lowest BCUT2D eigenvalue weighted by Crippen LogP contribution is -2.11. The van der Waals surface area contributed by atoms with E-state index in [-0.39, 0.29) is 6.79 Å². The Bertz CT molecular complexity index is 688. The summed E-state index contributed by atoms with van der Waals surface area (Å²) < 4.78 is 10.7. The van der Waals surface area contributed by atoms with Crippen molar-refractivity contribution in [3.8, 4) is 11.5 Å². The van der Waals surface area contributed by atoms with Crippen LogP contribution in [0.4, 0.5) is 11.8 Å². The number of fused-ring (bicyclic) bond motifs is 1. The van der Waals surface area contributed by atoms with Crippen molar-refractivity contribution in [1.82, 2.24) is 9.97 Å².